The van der Waals surface area contributed by atoms with Crippen LogP contribution >= 0.6 is 23.2 Å². The van der Waals surface area contributed by atoms with Crippen molar-refractivity contribution in [1.82, 2.24) is 0 Å². The van der Waals surface area contributed by atoms with Crippen molar-refractivity contribution in [1.29, 1.82) is 0 Å². The number of hydrogen-bond donors (Lipinski definition) is 1. The first-order chi connectivity index (χ1) is 11.8. The van der Waals surface area contributed by atoms with E-state index in [1.807, 2.05) is 0 Å². The van der Waals surface area contributed by atoms with Gasteiger partial charge in [0.25, 0.3) is 5.91 Å². The predicted octanol–water partition coefficient (Wildman–Crippen LogP) is 4.39. The Kier molecular flexibility index (Phi) is 6.55. The summed E-state index contributed by atoms with van der Waals surface area (Å²) in [6, 6.07) is 9.38. The number of ether oxygens (including phenoxy) is 2. The Morgan fingerprint density at radius 2 is 1.72 bits per heavy atom. The molecule has 0 heterocycles. The number of amides is 1. The number of rotatable bonds is 6. The first-order valence-electron chi connectivity index (χ1n) is 6.82. The monoisotopic (exact) mass is 389 g/mol. The van der Waals surface area contributed by atoms with Gasteiger partial charge in [-0.25, -0.2) is 4.79 Å². The third-order valence-electron chi connectivity index (χ3n) is 2.85. The first kappa shape index (κ1) is 19.0. The molecule has 0 atom stereocenters. The van der Waals surface area contributed by atoms with Gasteiger partial charge < -0.3 is 14.8 Å². The molecule has 1 N–H and O–H groups in total. The van der Waals surface area contributed by atoms with Crippen molar-refractivity contribution in [2.75, 3.05) is 11.9 Å². The molecule has 2 aromatic carbocycles. The second-order valence-corrected chi connectivity index (χ2v) is 5.47. The van der Waals surface area contributed by atoms with E-state index in [2.05, 4.69) is 10.1 Å². The Hall–Kier alpha value is -2.38. The zero-order valence-corrected chi connectivity index (χ0v) is 14.0. The highest BCUT2D eigenvalue weighted by atomic mass is 35.5. The number of anilines is 1. The summed E-state index contributed by atoms with van der Waals surface area (Å²) in [6.07, 6.45) is 0. The number of esters is 1. The third kappa shape index (κ3) is 5.88. The molecule has 0 aliphatic carbocycles. The summed E-state index contributed by atoms with van der Waals surface area (Å²) in [4.78, 5) is 23.6. The van der Waals surface area contributed by atoms with Crippen LogP contribution in [0.15, 0.2) is 42.5 Å². The molecule has 1 amide bonds. The van der Waals surface area contributed by atoms with E-state index in [-0.39, 0.29) is 16.3 Å². The molecule has 0 unspecified atom stereocenters. The smallest absolute Gasteiger partial charge is 0.387 e. The summed E-state index contributed by atoms with van der Waals surface area (Å²) in [7, 11) is 0. The maximum absolute atomic E-state index is 12.0. The predicted molar refractivity (Wildman–Crippen MR) is 88.4 cm³/mol. The molecular weight excluding hydrogens is 379 g/mol. The molecule has 2 rings (SSSR count). The molecule has 9 heteroatoms. The van der Waals surface area contributed by atoms with Crippen molar-refractivity contribution < 1.29 is 27.8 Å². The van der Waals surface area contributed by atoms with Gasteiger partial charge in [0, 0.05) is 5.69 Å². The molecule has 5 nitrogen and oxygen atoms in total. The van der Waals surface area contributed by atoms with Crippen molar-refractivity contribution in [3.05, 3.63) is 58.1 Å². The molecule has 0 aromatic heterocycles. The fraction of sp³-hybridized carbons (Fsp3) is 0.125. The lowest BCUT2D eigenvalue weighted by Gasteiger charge is -2.08. The number of carbonyl (C=O) groups is 2. The van der Waals surface area contributed by atoms with Crippen LogP contribution in [0.5, 0.6) is 5.75 Å². The largest absolute Gasteiger partial charge is 0.452 e. The average molecular weight is 390 g/mol. The minimum Gasteiger partial charge on any atom is -0.452 e. The number of alkyl halides is 2. The molecule has 0 aliphatic rings. The summed E-state index contributed by atoms with van der Waals surface area (Å²) in [5, 5.41) is 3.09. The standard InChI is InChI=1S/C16H11Cl2F2NO4/c17-12-6-3-10(7-13(12)18)21-14(22)8-24-15(23)9-1-4-11(5-2-9)25-16(19)20/h1-7,16H,8H2,(H,21,22). The van der Waals surface area contributed by atoms with E-state index in [0.717, 1.165) is 0 Å². The Morgan fingerprint density at radius 3 is 2.32 bits per heavy atom. The highest BCUT2D eigenvalue weighted by Crippen LogP contribution is 2.25. The molecule has 0 radical (unpaired) electrons. The van der Waals surface area contributed by atoms with Gasteiger partial charge in [-0.05, 0) is 42.5 Å². The summed E-state index contributed by atoms with van der Waals surface area (Å²) in [6.45, 7) is -3.49. The van der Waals surface area contributed by atoms with Crippen LogP contribution in [0.4, 0.5) is 14.5 Å². The number of halogens is 4. The number of carbonyl (C=O) groups excluding carboxylic acids is 2. The molecule has 0 fully saturated rings. The van der Waals surface area contributed by atoms with E-state index in [4.69, 9.17) is 27.9 Å². The van der Waals surface area contributed by atoms with Gasteiger partial charge >= 0.3 is 12.6 Å². The van der Waals surface area contributed by atoms with Crippen molar-refractivity contribution >= 4 is 40.8 Å². The molecule has 0 spiro atoms. The SMILES string of the molecule is O=C(COC(=O)c1ccc(OC(F)F)cc1)Nc1ccc(Cl)c(Cl)c1. The summed E-state index contributed by atoms with van der Waals surface area (Å²) >= 11 is 11.6. The lowest BCUT2D eigenvalue weighted by Crippen LogP contribution is -2.20. The minimum absolute atomic E-state index is 0.0870. The molecule has 2 aromatic rings. The van der Waals surface area contributed by atoms with Crippen LogP contribution in [0.1, 0.15) is 10.4 Å². The van der Waals surface area contributed by atoms with Crippen LogP contribution in [-0.4, -0.2) is 25.1 Å². The lowest BCUT2D eigenvalue weighted by atomic mass is 10.2. The second kappa shape index (κ2) is 8.64. The van der Waals surface area contributed by atoms with E-state index in [9.17, 15) is 18.4 Å². The minimum atomic E-state index is -2.96. The van der Waals surface area contributed by atoms with Gasteiger partial charge in [0.1, 0.15) is 5.75 Å². The van der Waals surface area contributed by atoms with Crippen LogP contribution in [0, 0.1) is 0 Å². The van der Waals surface area contributed by atoms with Gasteiger partial charge in [-0.1, -0.05) is 23.2 Å². The van der Waals surface area contributed by atoms with Crippen LogP contribution < -0.4 is 10.1 Å². The van der Waals surface area contributed by atoms with Crippen LogP contribution in [0.25, 0.3) is 0 Å². The van der Waals surface area contributed by atoms with Crippen LogP contribution in [0.3, 0.4) is 0 Å². The molecule has 0 aliphatic heterocycles. The number of hydrogen-bond acceptors (Lipinski definition) is 4. The van der Waals surface area contributed by atoms with Crippen molar-refractivity contribution in [3.8, 4) is 5.75 Å². The fourth-order valence-corrected chi connectivity index (χ4v) is 2.06. The summed E-state index contributed by atoms with van der Waals surface area (Å²) < 4.78 is 33.1. The van der Waals surface area contributed by atoms with Gasteiger partial charge in [0.15, 0.2) is 6.61 Å². The highest BCUT2D eigenvalue weighted by molar-refractivity contribution is 6.42. The van der Waals surface area contributed by atoms with Crippen LogP contribution in [-0.2, 0) is 9.53 Å². The van der Waals surface area contributed by atoms with Gasteiger partial charge in [-0.3, -0.25) is 4.79 Å². The van der Waals surface area contributed by atoms with Gasteiger partial charge in [0.2, 0.25) is 0 Å². The number of benzene rings is 2. The molecule has 0 saturated heterocycles. The maximum Gasteiger partial charge on any atom is 0.387 e. The summed E-state index contributed by atoms with van der Waals surface area (Å²) in [5.74, 6) is -1.46. The normalized spacial score (nSPS) is 10.4. The van der Waals surface area contributed by atoms with Gasteiger partial charge in [0.05, 0.1) is 15.6 Å². The van der Waals surface area contributed by atoms with E-state index in [1.165, 1.54) is 42.5 Å². The first-order valence-corrected chi connectivity index (χ1v) is 7.57. The highest BCUT2D eigenvalue weighted by Gasteiger charge is 2.12. The Labute approximate surface area is 151 Å². The van der Waals surface area contributed by atoms with Gasteiger partial charge in [-0.15, -0.1) is 0 Å². The Morgan fingerprint density at radius 1 is 1.04 bits per heavy atom. The quantitative estimate of drug-likeness (QED) is 0.744. The molecule has 0 saturated carbocycles. The molecular formula is C16H11Cl2F2NO4. The van der Waals surface area contributed by atoms with Crippen molar-refractivity contribution in [2.45, 2.75) is 6.61 Å². The molecule has 25 heavy (non-hydrogen) atoms. The molecule has 0 bridgehead atoms. The summed E-state index contributed by atoms with van der Waals surface area (Å²) in [5.41, 5.74) is 0.480. The third-order valence-corrected chi connectivity index (χ3v) is 3.59. The second-order valence-electron chi connectivity index (χ2n) is 4.66. The fourth-order valence-electron chi connectivity index (χ4n) is 1.76. The van der Waals surface area contributed by atoms with E-state index < -0.39 is 25.1 Å². The van der Waals surface area contributed by atoms with Crippen molar-refractivity contribution in [2.24, 2.45) is 0 Å². The topological polar surface area (TPSA) is 64.6 Å². The van der Waals surface area contributed by atoms with E-state index in [1.54, 1.807) is 0 Å². The van der Waals surface area contributed by atoms with Crippen molar-refractivity contribution in [3.63, 3.8) is 0 Å². The zero-order valence-electron chi connectivity index (χ0n) is 12.5. The lowest BCUT2D eigenvalue weighted by molar-refractivity contribution is -0.119. The molecule has 132 valence electrons. The van der Waals surface area contributed by atoms with Gasteiger partial charge in [-0.2, -0.15) is 8.78 Å². The average Bonchev–Trinajstić information content (AvgIpc) is 2.56. The zero-order chi connectivity index (χ0) is 18.4. The Balaban J connectivity index is 1.86. The Bertz CT molecular complexity index is 769. The van der Waals surface area contributed by atoms with E-state index >= 15 is 0 Å². The van der Waals surface area contributed by atoms with E-state index in [0.29, 0.717) is 10.7 Å². The maximum atomic E-state index is 12.0. The van der Waals surface area contributed by atoms with Crippen LogP contribution in [0.2, 0.25) is 10.0 Å². The number of nitrogens with one attached hydrogen (secondary N) is 1.